The van der Waals surface area contributed by atoms with E-state index < -0.39 is 0 Å². The van der Waals surface area contributed by atoms with Crippen LogP contribution in [0.15, 0.2) is 23.2 Å². The Hall–Kier alpha value is -1.18. The van der Waals surface area contributed by atoms with Gasteiger partial charge in [0.1, 0.15) is 0 Å². The highest BCUT2D eigenvalue weighted by Crippen LogP contribution is 2.35. The molecular weight excluding hydrogens is 429 g/mol. The van der Waals surface area contributed by atoms with Gasteiger partial charge in [-0.15, -0.1) is 24.0 Å². The van der Waals surface area contributed by atoms with Crippen molar-refractivity contribution in [2.75, 3.05) is 13.7 Å². The number of ether oxygens (including phenoxy) is 2. The molecule has 1 aromatic carbocycles. The molecule has 1 aliphatic rings. The largest absolute Gasteiger partial charge is 0.493 e. The van der Waals surface area contributed by atoms with Crippen molar-refractivity contribution >= 4 is 29.9 Å². The molecule has 0 radical (unpaired) electrons. The molecular formula is C19H32IN3O2. The minimum Gasteiger partial charge on any atom is -0.493 e. The molecule has 0 atom stereocenters. The minimum atomic E-state index is 0. The molecule has 2 rings (SSSR count). The third-order valence-corrected chi connectivity index (χ3v) is 4.04. The number of benzene rings is 1. The number of aliphatic imine (C=N–C) groups is 1. The topological polar surface area (TPSA) is 54.9 Å². The molecule has 0 saturated heterocycles. The van der Waals surface area contributed by atoms with Crippen LogP contribution in [0.1, 0.15) is 52.0 Å². The number of rotatable bonds is 7. The van der Waals surface area contributed by atoms with Gasteiger partial charge in [-0.25, -0.2) is 4.99 Å². The van der Waals surface area contributed by atoms with Crippen LogP contribution < -0.4 is 20.1 Å². The number of hydrogen-bond acceptors (Lipinski definition) is 3. The van der Waals surface area contributed by atoms with Gasteiger partial charge in [-0.2, -0.15) is 0 Å². The highest BCUT2D eigenvalue weighted by atomic mass is 127. The molecule has 25 heavy (non-hydrogen) atoms. The van der Waals surface area contributed by atoms with E-state index in [-0.39, 0.29) is 24.0 Å². The van der Waals surface area contributed by atoms with Crippen molar-refractivity contribution in [3.05, 3.63) is 23.8 Å². The summed E-state index contributed by atoms with van der Waals surface area (Å²) in [6.45, 7) is 7.67. The first-order valence-corrected chi connectivity index (χ1v) is 9.01. The van der Waals surface area contributed by atoms with Gasteiger partial charge in [-0.05, 0) is 52.5 Å². The molecule has 2 N–H and O–H groups in total. The number of para-hydroxylation sites is 1. The van der Waals surface area contributed by atoms with Gasteiger partial charge in [-0.1, -0.05) is 12.1 Å². The second kappa shape index (κ2) is 11.4. The number of nitrogens with one attached hydrogen (secondary N) is 2. The van der Waals surface area contributed by atoms with Crippen molar-refractivity contribution in [1.29, 1.82) is 0 Å². The van der Waals surface area contributed by atoms with Gasteiger partial charge in [0.15, 0.2) is 17.5 Å². The number of methoxy groups -OCH3 is 1. The quantitative estimate of drug-likeness (QED) is 0.365. The molecule has 1 fully saturated rings. The highest BCUT2D eigenvalue weighted by molar-refractivity contribution is 14.0. The zero-order chi connectivity index (χ0) is 17.4. The highest BCUT2D eigenvalue weighted by Gasteiger charge is 2.20. The zero-order valence-electron chi connectivity index (χ0n) is 15.8. The Morgan fingerprint density at radius 1 is 1.28 bits per heavy atom. The lowest BCUT2D eigenvalue weighted by molar-refractivity contribution is 0.198. The lowest BCUT2D eigenvalue weighted by Gasteiger charge is -2.19. The number of halogens is 1. The van der Waals surface area contributed by atoms with Crippen LogP contribution in [-0.4, -0.2) is 31.8 Å². The van der Waals surface area contributed by atoms with Gasteiger partial charge in [0.25, 0.3) is 0 Å². The average molecular weight is 461 g/mol. The first kappa shape index (κ1) is 21.9. The van der Waals surface area contributed by atoms with E-state index in [1.807, 2.05) is 12.1 Å². The summed E-state index contributed by atoms with van der Waals surface area (Å²) in [7, 11) is 1.69. The first-order valence-electron chi connectivity index (χ1n) is 9.01. The SMILES string of the molecule is CCNC(=NCc1cccc(OC)c1OC1CCCC1)NC(C)C.I. The second-order valence-corrected chi connectivity index (χ2v) is 6.47. The molecule has 0 amide bonds. The Bertz CT molecular complexity index is 543. The summed E-state index contributed by atoms with van der Waals surface area (Å²) in [5, 5.41) is 6.61. The van der Waals surface area contributed by atoms with E-state index in [2.05, 4.69) is 37.5 Å². The van der Waals surface area contributed by atoms with Crippen LogP contribution in [0.5, 0.6) is 11.5 Å². The van der Waals surface area contributed by atoms with Gasteiger partial charge in [0, 0.05) is 18.2 Å². The van der Waals surface area contributed by atoms with Gasteiger partial charge in [0.2, 0.25) is 0 Å². The first-order chi connectivity index (χ1) is 11.6. The number of guanidine groups is 1. The molecule has 142 valence electrons. The second-order valence-electron chi connectivity index (χ2n) is 6.47. The summed E-state index contributed by atoms with van der Waals surface area (Å²) >= 11 is 0. The Morgan fingerprint density at radius 3 is 2.60 bits per heavy atom. The van der Waals surface area contributed by atoms with Crippen LogP contribution in [0, 0.1) is 0 Å². The van der Waals surface area contributed by atoms with Gasteiger partial charge >= 0.3 is 0 Å². The summed E-state index contributed by atoms with van der Waals surface area (Å²) in [6, 6.07) is 6.35. The summed E-state index contributed by atoms with van der Waals surface area (Å²) in [6.07, 6.45) is 5.04. The predicted molar refractivity (Wildman–Crippen MR) is 114 cm³/mol. The lowest BCUT2D eigenvalue weighted by Crippen LogP contribution is -2.41. The Kier molecular flexibility index (Phi) is 10.0. The molecule has 1 saturated carbocycles. The summed E-state index contributed by atoms with van der Waals surface area (Å²) in [4.78, 5) is 4.69. The van der Waals surface area contributed by atoms with Crippen LogP contribution in [-0.2, 0) is 6.54 Å². The molecule has 0 spiro atoms. The monoisotopic (exact) mass is 461 g/mol. The van der Waals surface area contributed by atoms with Crippen molar-refractivity contribution in [2.45, 2.75) is 65.1 Å². The molecule has 0 heterocycles. The van der Waals surface area contributed by atoms with E-state index in [9.17, 15) is 0 Å². The van der Waals surface area contributed by atoms with Crippen molar-refractivity contribution in [1.82, 2.24) is 10.6 Å². The molecule has 1 aromatic rings. The fourth-order valence-corrected chi connectivity index (χ4v) is 2.91. The van der Waals surface area contributed by atoms with Crippen molar-refractivity contribution in [2.24, 2.45) is 4.99 Å². The normalized spacial score (nSPS) is 15.0. The predicted octanol–water partition coefficient (Wildman–Crippen LogP) is 4.10. The molecule has 5 nitrogen and oxygen atoms in total. The van der Waals surface area contributed by atoms with Crippen molar-refractivity contribution < 1.29 is 9.47 Å². The zero-order valence-corrected chi connectivity index (χ0v) is 18.1. The molecule has 0 bridgehead atoms. The lowest BCUT2D eigenvalue weighted by atomic mass is 10.1. The standard InChI is InChI=1S/C19H31N3O2.HI/c1-5-20-19(22-14(2)3)21-13-15-9-8-12-17(23-4)18(15)24-16-10-6-7-11-16;/h8-9,12,14,16H,5-7,10-11,13H2,1-4H3,(H2,20,21,22);1H. The summed E-state index contributed by atoms with van der Waals surface area (Å²) in [5.41, 5.74) is 1.06. The maximum Gasteiger partial charge on any atom is 0.191 e. The smallest absolute Gasteiger partial charge is 0.191 e. The van der Waals surface area contributed by atoms with Crippen LogP contribution in [0.4, 0.5) is 0 Å². The maximum absolute atomic E-state index is 6.27. The fourth-order valence-electron chi connectivity index (χ4n) is 2.91. The number of hydrogen-bond donors (Lipinski definition) is 2. The fraction of sp³-hybridized carbons (Fsp3) is 0.632. The van der Waals surface area contributed by atoms with E-state index in [4.69, 9.17) is 14.5 Å². The van der Waals surface area contributed by atoms with E-state index in [1.165, 1.54) is 12.8 Å². The van der Waals surface area contributed by atoms with Crippen LogP contribution in [0.2, 0.25) is 0 Å². The Balaban J connectivity index is 0.00000312. The minimum absolute atomic E-state index is 0. The Morgan fingerprint density at radius 2 is 2.00 bits per heavy atom. The van der Waals surface area contributed by atoms with Crippen LogP contribution >= 0.6 is 24.0 Å². The van der Waals surface area contributed by atoms with E-state index >= 15 is 0 Å². The van der Waals surface area contributed by atoms with Gasteiger partial charge in [-0.3, -0.25) is 0 Å². The van der Waals surface area contributed by atoms with E-state index in [0.717, 1.165) is 42.4 Å². The van der Waals surface area contributed by atoms with E-state index in [1.54, 1.807) is 7.11 Å². The third-order valence-electron chi connectivity index (χ3n) is 4.04. The molecule has 0 aliphatic heterocycles. The number of nitrogens with zero attached hydrogens (tertiary/aromatic N) is 1. The molecule has 1 aliphatic carbocycles. The van der Waals surface area contributed by atoms with Crippen LogP contribution in [0.25, 0.3) is 0 Å². The average Bonchev–Trinajstić information content (AvgIpc) is 3.06. The van der Waals surface area contributed by atoms with Crippen LogP contribution in [0.3, 0.4) is 0 Å². The van der Waals surface area contributed by atoms with Gasteiger partial charge < -0.3 is 20.1 Å². The molecule has 0 unspecified atom stereocenters. The summed E-state index contributed by atoms with van der Waals surface area (Å²) < 4.78 is 11.8. The Labute approximate surface area is 169 Å². The van der Waals surface area contributed by atoms with Crippen molar-refractivity contribution in [3.63, 3.8) is 0 Å². The molecule has 0 aromatic heterocycles. The third kappa shape index (κ3) is 6.92. The molecule has 6 heteroatoms. The van der Waals surface area contributed by atoms with Crippen molar-refractivity contribution in [3.8, 4) is 11.5 Å². The van der Waals surface area contributed by atoms with Gasteiger partial charge in [0.05, 0.1) is 19.8 Å². The summed E-state index contributed by atoms with van der Waals surface area (Å²) in [5.74, 6) is 2.45. The maximum atomic E-state index is 6.27. The van der Waals surface area contributed by atoms with E-state index in [0.29, 0.717) is 18.7 Å².